The maximum absolute atomic E-state index is 11.3. The molecule has 0 heterocycles. The standard InChI is InChI=1S/C15H24O4S.Cu/c1-2-3-4-5-6-7-11-14(16)13-10-8-9-12-15(13)20(17,18)19;/h8-10,12,14,16H,2-7,11H2,1H3,(H,17,18,19);. The number of benzene rings is 1. The maximum Gasteiger partial charge on any atom is 0.294 e. The Bertz CT molecular complexity index is 502. The predicted octanol–water partition coefficient (Wildman–Crippen LogP) is 3.71. The van der Waals surface area contributed by atoms with Crippen molar-refractivity contribution < 1.29 is 35.1 Å². The van der Waals surface area contributed by atoms with Crippen molar-refractivity contribution in [3.05, 3.63) is 29.8 Å². The van der Waals surface area contributed by atoms with Crippen molar-refractivity contribution in [1.82, 2.24) is 0 Å². The number of rotatable bonds is 9. The molecular formula is C15H24CuO4S. The molecule has 6 heteroatoms. The second-order valence-corrected chi connectivity index (χ2v) is 6.48. The summed E-state index contributed by atoms with van der Waals surface area (Å²) in [6, 6.07) is 6.05. The molecule has 21 heavy (non-hydrogen) atoms. The van der Waals surface area contributed by atoms with Crippen LogP contribution in [0.3, 0.4) is 0 Å². The second kappa shape index (κ2) is 10.4. The topological polar surface area (TPSA) is 74.6 Å². The van der Waals surface area contributed by atoms with Gasteiger partial charge in [-0.2, -0.15) is 8.42 Å². The SMILES string of the molecule is CCCCCCCCC(O)c1ccccc1S(=O)(=O)O.[Cu]. The largest absolute Gasteiger partial charge is 0.388 e. The van der Waals surface area contributed by atoms with Gasteiger partial charge in [0.1, 0.15) is 0 Å². The maximum atomic E-state index is 11.3. The first kappa shape index (κ1) is 20.6. The van der Waals surface area contributed by atoms with Crippen LogP contribution in [0.4, 0.5) is 0 Å². The summed E-state index contributed by atoms with van der Waals surface area (Å²) in [4.78, 5) is -0.196. The molecule has 2 N–H and O–H groups in total. The van der Waals surface area contributed by atoms with Gasteiger partial charge in [-0.15, -0.1) is 0 Å². The van der Waals surface area contributed by atoms with Gasteiger partial charge in [0.2, 0.25) is 0 Å². The molecule has 1 rings (SSSR count). The molecule has 4 nitrogen and oxygen atoms in total. The summed E-state index contributed by atoms with van der Waals surface area (Å²) < 4.78 is 31.7. The molecule has 1 aromatic rings. The number of aliphatic hydroxyl groups is 1. The Morgan fingerprint density at radius 2 is 1.62 bits per heavy atom. The van der Waals surface area contributed by atoms with Gasteiger partial charge in [-0.05, 0) is 12.5 Å². The molecule has 1 radical (unpaired) electrons. The van der Waals surface area contributed by atoms with Crippen LogP contribution < -0.4 is 0 Å². The Labute approximate surface area is 138 Å². The van der Waals surface area contributed by atoms with E-state index in [2.05, 4.69) is 6.92 Å². The fourth-order valence-corrected chi connectivity index (χ4v) is 3.02. The zero-order valence-corrected chi connectivity index (χ0v) is 14.0. The third-order valence-electron chi connectivity index (χ3n) is 3.39. The van der Waals surface area contributed by atoms with Gasteiger partial charge in [0.15, 0.2) is 0 Å². The van der Waals surface area contributed by atoms with E-state index in [0.29, 0.717) is 6.42 Å². The molecule has 0 aromatic heterocycles. The Kier molecular flexibility index (Phi) is 10.2. The number of hydrogen-bond acceptors (Lipinski definition) is 3. The van der Waals surface area contributed by atoms with Crippen LogP contribution in [0, 0.1) is 0 Å². The third kappa shape index (κ3) is 7.43. The van der Waals surface area contributed by atoms with E-state index in [1.165, 1.54) is 31.4 Å². The van der Waals surface area contributed by atoms with Crippen molar-refractivity contribution in [2.24, 2.45) is 0 Å². The van der Waals surface area contributed by atoms with Crippen LogP contribution in [0.1, 0.15) is 63.5 Å². The first-order valence-corrected chi connectivity index (χ1v) is 8.65. The fourth-order valence-electron chi connectivity index (χ4n) is 2.26. The molecule has 0 saturated heterocycles. The molecule has 1 aromatic carbocycles. The van der Waals surface area contributed by atoms with Crippen molar-refractivity contribution in [3.63, 3.8) is 0 Å². The average molecular weight is 364 g/mol. The molecule has 0 amide bonds. The van der Waals surface area contributed by atoms with Crippen LogP contribution in [0.25, 0.3) is 0 Å². The van der Waals surface area contributed by atoms with Gasteiger partial charge in [0.05, 0.1) is 11.0 Å². The minimum atomic E-state index is -4.28. The zero-order valence-electron chi connectivity index (χ0n) is 12.3. The summed E-state index contributed by atoms with van der Waals surface area (Å²) in [5, 5.41) is 10.1. The van der Waals surface area contributed by atoms with E-state index in [9.17, 15) is 13.5 Å². The normalized spacial score (nSPS) is 12.7. The summed E-state index contributed by atoms with van der Waals surface area (Å²) in [5.74, 6) is 0. The van der Waals surface area contributed by atoms with E-state index in [-0.39, 0.29) is 27.5 Å². The zero-order chi connectivity index (χ0) is 15.0. The molecule has 125 valence electrons. The van der Waals surface area contributed by atoms with Crippen molar-refractivity contribution in [2.45, 2.75) is 62.9 Å². The molecule has 0 fully saturated rings. The van der Waals surface area contributed by atoms with E-state index in [4.69, 9.17) is 4.55 Å². The van der Waals surface area contributed by atoms with Gasteiger partial charge < -0.3 is 5.11 Å². The predicted molar refractivity (Wildman–Crippen MR) is 79.2 cm³/mol. The first-order valence-electron chi connectivity index (χ1n) is 7.21. The molecule has 1 unspecified atom stereocenters. The third-order valence-corrected chi connectivity index (χ3v) is 4.31. The smallest absolute Gasteiger partial charge is 0.294 e. The quantitative estimate of drug-likeness (QED) is 0.398. The summed E-state index contributed by atoms with van der Waals surface area (Å²) in [7, 11) is -4.28. The van der Waals surface area contributed by atoms with E-state index in [1.807, 2.05) is 0 Å². The summed E-state index contributed by atoms with van der Waals surface area (Å²) in [5.41, 5.74) is 0.281. The van der Waals surface area contributed by atoms with E-state index in [0.717, 1.165) is 19.3 Å². The molecule has 0 aliphatic rings. The number of hydrogen-bond donors (Lipinski definition) is 2. The summed E-state index contributed by atoms with van der Waals surface area (Å²) in [6.07, 6.45) is 6.32. The van der Waals surface area contributed by atoms with Crippen molar-refractivity contribution in [1.29, 1.82) is 0 Å². The molecule has 0 aliphatic carbocycles. The minimum Gasteiger partial charge on any atom is -0.388 e. The fraction of sp³-hybridized carbons (Fsp3) is 0.600. The van der Waals surface area contributed by atoms with Crippen LogP contribution in [-0.2, 0) is 27.2 Å². The van der Waals surface area contributed by atoms with Gasteiger partial charge in [-0.1, -0.05) is 63.6 Å². The summed E-state index contributed by atoms with van der Waals surface area (Å²) >= 11 is 0. The number of aliphatic hydroxyl groups excluding tert-OH is 1. The van der Waals surface area contributed by atoms with Crippen LogP contribution >= 0.6 is 0 Å². The first-order chi connectivity index (χ1) is 9.46. The molecule has 0 saturated carbocycles. The molecule has 0 aliphatic heterocycles. The monoisotopic (exact) mass is 363 g/mol. The Balaban J connectivity index is 0.00000400. The van der Waals surface area contributed by atoms with Crippen LogP contribution in [0.2, 0.25) is 0 Å². The van der Waals surface area contributed by atoms with E-state index in [1.54, 1.807) is 12.1 Å². The number of unbranched alkanes of at least 4 members (excludes halogenated alkanes) is 5. The van der Waals surface area contributed by atoms with Gasteiger partial charge in [-0.25, -0.2) is 0 Å². The molecule has 0 bridgehead atoms. The van der Waals surface area contributed by atoms with Gasteiger partial charge >= 0.3 is 0 Å². The van der Waals surface area contributed by atoms with Crippen LogP contribution in [0.15, 0.2) is 29.2 Å². The van der Waals surface area contributed by atoms with Gasteiger partial charge in [0, 0.05) is 22.6 Å². The Morgan fingerprint density at radius 3 is 2.24 bits per heavy atom. The Morgan fingerprint density at radius 1 is 1.05 bits per heavy atom. The van der Waals surface area contributed by atoms with E-state index < -0.39 is 16.2 Å². The molecule has 1 atom stereocenters. The minimum absolute atomic E-state index is 0. The van der Waals surface area contributed by atoms with Crippen molar-refractivity contribution in [2.75, 3.05) is 0 Å². The van der Waals surface area contributed by atoms with Gasteiger partial charge in [-0.3, -0.25) is 4.55 Å². The van der Waals surface area contributed by atoms with Gasteiger partial charge in [0.25, 0.3) is 10.1 Å². The molecule has 0 spiro atoms. The average Bonchev–Trinajstić information content (AvgIpc) is 2.41. The van der Waals surface area contributed by atoms with Crippen LogP contribution in [-0.4, -0.2) is 18.1 Å². The van der Waals surface area contributed by atoms with E-state index >= 15 is 0 Å². The Hall–Kier alpha value is -0.391. The van der Waals surface area contributed by atoms with Crippen LogP contribution in [0.5, 0.6) is 0 Å². The van der Waals surface area contributed by atoms with Crippen molar-refractivity contribution >= 4 is 10.1 Å². The van der Waals surface area contributed by atoms with Crippen molar-refractivity contribution in [3.8, 4) is 0 Å². The molecular weight excluding hydrogens is 340 g/mol. The second-order valence-electron chi connectivity index (χ2n) is 5.09. The summed E-state index contributed by atoms with van der Waals surface area (Å²) in [6.45, 7) is 2.16.